The predicted molar refractivity (Wildman–Crippen MR) is 97.9 cm³/mol. The second kappa shape index (κ2) is 6.14. The lowest BCUT2D eigenvalue weighted by atomic mass is 9.64. The van der Waals surface area contributed by atoms with Crippen molar-refractivity contribution in [3.05, 3.63) is 52.6 Å². The molecule has 0 aliphatic heterocycles. The lowest BCUT2D eigenvalue weighted by Gasteiger charge is -2.43. The highest BCUT2D eigenvalue weighted by molar-refractivity contribution is 6.30. The highest BCUT2D eigenvalue weighted by Gasteiger charge is 2.53. The molecule has 0 radical (unpaired) electrons. The third kappa shape index (κ3) is 3.21. The topological polar surface area (TPSA) is 46.5 Å². The minimum atomic E-state index is -1.43. The maximum atomic E-state index is 13.2. The Hall–Kier alpha value is -1.42. The maximum Gasteiger partial charge on any atom is 0.199 e. The number of benzene rings is 1. The SMILES string of the molecule is CC(C)(C)C1=CC(c2ccc(Cl)cc2)=CC(OO)(C(C)(C)C)C1=O. The van der Waals surface area contributed by atoms with Crippen LogP contribution in [0.25, 0.3) is 5.57 Å². The summed E-state index contributed by atoms with van der Waals surface area (Å²) in [5.41, 5.74) is -0.0584. The van der Waals surface area contributed by atoms with Crippen molar-refractivity contribution in [3.8, 4) is 0 Å². The maximum absolute atomic E-state index is 13.2. The molecule has 2 rings (SSSR count). The summed E-state index contributed by atoms with van der Waals surface area (Å²) in [6.07, 6.45) is 3.60. The fourth-order valence-corrected chi connectivity index (χ4v) is 3.00. The van der Waals surface area contributed by atoms with Gasteiger partial charge in [-0.3, -0.25) is 10.1 Å². The second-order valence-corrected chi connectivity index (χ2v) is 8.76. The third-order valence-corrected chi connectivity index (χ3v) is 4.74. The predicted octanol–water partition coefficient (Wildman–Crippen LogP) is 5.55. The van der Waals surface area contributed by atoms with Crippen molar-refractivity contribution in [3.63, 3.8) is 0 Å². The van der Waals surface area contributed by atoms with Crippen LogP contribution in [0.15, 0.2) is 42.0 Å². The lowest BCUT2D eigenvalue weighted by Crippen LogP contribution is -2.53. The molecule has 1 atom stereocenters. The van der Waals surface area contributed by atoms with Gasteiger partial charge < -0.3 is 0 Å². The van der Waals surface area contributed by atoms with Gasteiger partial charge >= 0.3 is 0 Å². The van der Waals surface area contributed by atoms with Crippen LogP contribution in [0.1, 0.15) is 47.1 Å². The van der Waals surface area contributed by atoms with Crippen molar-refractivity contribution < 1.29 is 14.9 Å². The number of hydrogen-bond acceptors (Lipinski definition) is 3. The Morgan fingerprint density at radius 3 is 2.00 bits per heavy atom. The smallest absolute Gasteiger partial charge is 0.199 e. The van der Waals surface area contributed by atoms with Crippen molar-refractivity contribution in [1.29, 1.82) is 0 Å². The summed E-state index contributed by atoms with van der Waals surface area (Å²) in [7, 11) is 0. The first-order valence-electron chi connectivity index (χ1n) is 8.01. The Balaban J connectivity index is 2.73. The number of carbonyl (C=O) groups excluding carboxylic acids is 1. The number of carbonyl (C=O) groups is 1. The summed E-state index contributed by atoms with van der Waals surface area (Å²) in [5.74, 6) is -0.206. The highest BCUT2D eigenvalue weighted by atomic mass is 35.5. The molecule has 0 heterocycles. The number of Topliss-reactive ketones (excluding diaryl/α,β-unsaturated/α-hetero) is 1. The van der Waals surface area contributed by atoms with Gasteiger partial charge in [-0.15, -0.1) is 0 Å². The Bertz CT molecular complexity index is 700. The molecule has 1 unspecified atom stereocenters. The molecule has 1 aromatic carbocycles. The first-order chi connectivity index (χ1) is 10.9. The minimum absolute atomic E-state index is 0.206. The van der Waals surface area contributed by atoms with Gasteiger partial charge in [0, 0.05) is 16.0 Å². The summed E-state index contributed by atoms with van der Waals surface area (Å²) in [4.78, 5) is 18.0. The van der Waals surface area contributed by atoms with Crippen LogP contribution in [0.3, 0.4) is 0 Å². The van der Waals surface area contributed by atoms with Crippen LogP contribution in [0, 0.1) is 10.8 Å². The van der Waals surface area contributed by atoms with Gasteiger partial charge in [-0.05, 0) is 40.8 Å². The molecule has 1 aromatic rings. The Morgan fingerprint density at radius 1 is 1.04 bits per heavy atom. The molecule has 0 spiro atoms. The highest BCUT2D eigenvalue weighted by Crippen LogP contribution is 2.46. The third-order valence-electron chi connectivity index (χ3n) is 4.48. The zero-order chi connectivity index (χ0) is 18.3. The molecular formula is C20H25ClO3. The summed E-state index contributed by atoms with van der Waals surface area (Å²) in [6.45, 7) is 11.6. The van der Waals surface area contributed by atoms with E-state index in [0.29, 0.717) is 10.6 Å². The summed E-state index contributed by atoms with van der Waals surface area (Å²) in [6, 6.07) is 7.39. The molecule has 24 heavy (non-hydrogen) atoms. The number of halogens is 1. The summed E-state index contributed by atoms with van der Waals surface area (Å²) < 4.78 is 0. The van der Waals surface area contributed by atoms with Gasteiger partial charge in [-0.1, -0.05) is 65.3 Å². The van der Waals surface area contributed by atoms with E-state index >= 15 is 0 Å². The van der Waals surface area contributed by atoms with Crippen LogP contribution in [-0.4, -0.2) is 16.6 Å². The van der Waals surface area contributed by atoms with E-state index in [0.717, 1.165) is 11.1 Å². The van der Waals surface area contributed by atoms with Crippen molar-refractivity contribution in [2.45, 2.75) is 47.1 Å². The molecule has 130 valence electrons. The molecule has 3 nitrogen and oxygen atoms in total. The lowest BCUT2D eigenvalue weighted by molar-refractivity contribution is -0.318. The van der Waals surface area contributed by atoms with Crippen LogP contribution >= 0.6 is 11.6 Å². The Kier molecular flexibility index (Phi) is 4.84. The Morgan fingerprint density at radius 2 is 1.58 bits per heavy atom. The first-order valence-corrected chi connectivity index (χ1v) is 8.38. The molecule has 0 saturated carbocycles. The van der Waals surface area contributed by atoms with Gasteiger partial charge in [0.15, 0.2) is 11.4 Å². The average molecular weight is 349 g/mol. The second-order valence-electron chi connectivity index (χ2n) is 8.32. The number of ketones is 1. The van der Waals surface area contributed by atoms with E-state index in [-0.39, 0.29) is 11.2 Å². The van der Waals surface area contributed by atoms with Gasteiger partial charge in [0.25, 0.3) is 0 Å². The molecule has 0 fully saturated rings. The van der Waals surface area contributed by atoms with Gasteiger partial charge in [0.1, 0.15) is 0 Å². The molecule has 0 aromatic heterocycles. The van der Waals surface area contributed by atoms with E-state index in [1.54, 1.807) is 18.2 Å². The van der Waals surface area contributed by atoms with E-state index in [4.69, 9.17) is 16.5 Å². The van der Waals surface area contributed by atoms with E-state index in [9.17, 15) is 10.1 Å². The normalized spacial score (nSPS) is 22.2. The van der Waals surface area contributed by atoms with Gasteiger partial charge in [0.2, 0.25) is 0 Å². The molecular weight excluding hydrogens is 324 g/mol. The van der Waals surface area contributed by atoms with E-state index in [1.807, 2.05) is 59.8 Å². The number of rotatable bonds is 2. The molecule has 1 aliphatic carbocycles. The van der Waals surface area contributed by atoms with Crippen LogP contribution in [0.4, 0.5) is 0 Å². The van der Waals surface area contributed by atoms with Crippen molar-refractivity contribution in [2.75, 3.05) is 0 Å². The number of hydrogen-bond donors (Lipinski definition) is 1. The van der Waals surface area contributed by atoms with Crippen molar-refractivity contribution in [1.82, 2.24) is 0 Å². The van der Waals surface area contributed by atoms with E-state index in [1.165, 1.54) is 0 Å². The standard InChI is InChI=1S/C20H25ClO3/c1-18(2,3)16-11-14(13-7-9-15(21)10-8-13)12-20(24-23,17(16)22)19(4,5)6/h7-12,23H,1-6H3. The largest absolute Gasteiger partial charge is 0.291 e. The van der Waals surface area contributed by atoms with Crippen molar-refractivity contribution in [2.24, 2.45) is 10.8 Å². The van der Waals surface area contributed by atoms with Gasteiger partial charge in [0.05, 0.1) is 0 Å². The van der Waals surface area contributed by atoms with Crippen LogP contribution in [0.2, 0.25) is 5.02 Å². The Labute approximate surface area is 148 Å². The fraction of sp³-hybridized carbons (Fsp3) is 0.450. The molecule has 4 heteroatoms. The monoisotopic (exact) mass is 348 g/mol. The van der Waals surface area contributed by atoms with Crippen LogP contribution in [0.5, 0.6) is 0 Å². The molecule has 0 amide bonds. The van der Waals surface area contributed by atoms with Gasteiger partial charge in [-0.2, -0.15) is 0 Å². The van der Waals surface area contributed by atoms with Crippen LogP contribution in [-0.2, 0) is 9.68 Å². The zero-order valence-electron chi connectivity index (χ0n) is 15.1. The fourth-order valence-electron chi connectivity index (χ4n) is 2.88. The van der Waals surface area contributed by atoms with E-state index in [2.05, 4.69) is 0 Å². The van der Waals surface area contributed by atoms with Crippen molar-refractivity contribution >= 4 is 23.0 Å². The minimum Gasteiger partial charge on any atom is -0.291 e. The van der Waals surface area contributed by atoms with Crippen LogP contribution < -0.4 is 0 Å². The van der Waals surface area contributed by atoms with Gasteiger partial charge in [-0.25, -0.2) is 4.89 Å². The molecule has 0 bridgehead atoms. The van der Waals surface area contributed by atoms with E-state index < -0.39 is 11.0 Å². The first kappa shape index (κ1) is 18.9. The summed E-state index contributed by atoms with van der Waals surface area (Å²) in [5, 5.41) is 10.4. The molecule has 1 aliphatic rings. The zero-order valence-corrected chi connectivity index (χ0v) is 15.9. The molecule has 1 N–H and O–H groups in total. The average Bonchev–Trinajstić information content (AvgIpc) is 2.46. The molecule has 0 saturated heterocycles. The summed E-state index contributed by atoms with van der Waals surface area (Å²) >= 11 is 5.98. The quantitative estimate of drug-likeness (QED) is 0.562. The number of allylic oxidation sites excluding steroid dienone is 2.